The molecule has 1 aliphatic rings. The Morgan fingerprint density at radius 2 is 1.59 bits per heavy atom. The van der Waals surface area contributed by atoms with Crippen LogP contribution in [-0.4, -0.2) is 48.4 Å². The second-order valence-electron chi connectivity index (χ2n) is 10.2. The van der Waals surface area contributed by atoms with Crippen molar-refractivity contribution in [3.05, 3.63) is 70.3 Å². The molecule has 1 saturated heterocycles. The minimum Gasteiger partial charge on any atom is -0.481 e. The molecule has 8 heteroatoms. The largest absolute Gasteiger partial charge is 0.481 e. The van der Waals surface area contributed by atoms with E-state index >= 15 is 0 Å². The molecule has 1 fully saturated rings. The number of aryl methyl sites for hydroxylation is 2. The lowest BCUT2D eigenvalue weighted by Gasteiger charge is -2.21. The molecule has 0 spiro atoms. The number of piperidine rings is 1. The zero-order chi connectivity index (χ0) is 29.4. The molecule has 0 aromatic heterocycles. The van der Waals surface area contributed by atoms with Gasteiger partial charge in [0.2, 0.25) is 0 Å². The Balaban J connectivity index is 0.000000821. The van der Waals surface area contributed by atoms with Crippen LogP contribution in [0.25, 0.3) is 0 Å². The Kier molecular flexibility index (Phi) is 14.9. The molecule has 1 amide bonds. The molecule has 0 radical (unpaired) electrons. The van der Waals surface area contributed by atoms with Crippen LogP contribution in [0.3, 0.4) is 0 Å². The van der Waals surface area contributed by atoms with E-state index in [1.54, 1.807) is 51.1 Å². The van der Waals surface area contributed by atoms with Gasteiger partial charge in [-0.2, -0.15) is 0 Å². The Bertz CT molecular complexity index is 1030. The number of amides is 1. The molecule has 1 unspecified atom stereocenters. The lowest BCUT2D eigenvalue weighted by molar-refractivity contribution is -0.138. The summed E-state index contributed by atoms with van der Waals surface area (Å²) >= 11 is 0. The number of ether oxygens (including phenoxy) is 2. The summed E-state index contributed by atoms with van der Waals surface area (Å²) < 4.78 is 10.5. The Morgan fingerprint density at radius 1 is 0.974 bits per heavy atom. The summed E-state index contributed by atoms with van der Waals surface area (Å²) in [5.41, 5.74) is 3.01. The number of esters is 1. The van der Waals surface area contributed by atoms with Crippen molar-refractivity contribution in [3.63, 3.8) is 0 Å². The third kappa shape index (κ3) is 13.3. The number of hydrogen-bond donors (Lipinski definition) is 3. The number of carbonyl (C=O) groups excluding carboxylic acids is 2. The maximum absolute atomic E-state index is 12.3. The zero-order valence-corrected chi connectivity index (χ0v) is 24.6. The van der Waals surface area contributed by atoms with E-state index in [-0.39, 0.29) is 13.2 Å². The number of carbonyl (C=O) groups is 3. The predicted octanol–water partition coefficient (Wildman–Crippen LogP) is 6.14. The van der Waals surface area contributed by atoms with Crippen LogP contribution in [0.15, 0.2) is 42.5 Å². The molecule has 1 aliphatic heterocycles. The first-order valence-corrected chi connectivity index (χ1v) is 13.7. The highest BCUT2D eigenvalue weighted by Gasteiger charge is 2.23. The monoisotopic (exact) mass is 542 g/mol. The van der Waals surface area contributed by atoms with Crippen molar-refractivity contribution in [3.8, 4) is 0 Å². The fraction of sp³-hybridized carbons (Fsp3) is 0.516. The third-order valence-corrected chi connectivity index (χ3v) is 5.71. The van der Waals surface area contributed by atoms with Gasteiger partial charge in [0.15, 0.2) is 0 Å². The minimum atomic E-state index is -1.06. The van der Waals surface area contributed by atoms with Crippen molar-refractivity contribution in [2.75, 3.05) is 19.6 Å². The summed E-state index contributed by atoms with van der Waals surface area (Å²) in [7, 11) is 0. The summed E-state index contributed by atoms with van der Waals surface area (Å²) in [6, 6.07) is 12.2. The molecule has 2 aromatic rings. The molecular weight excluding hydrogens is 496 g/mol. The van der Waals surface area contributed by atoms with Gasteiger partial charge in [0, 0.05) is 6.54 Å². The van der Waals surface area contributed by atoms with Crippen LogP contribution in [0, 0.1) is 13.8 Å². The van der Waals surface area contributed by atoms with Crippen molar-refractivity contribution < 1.29 is 29.0 Å². The van der Waals surface area contributed by atoms with Gasteiger partial charge in [-0.3, -0.25) is 4.79 Å². The van der Waals surface area contributed by atoms with Gasteiger partial charge in [0.1, 0.15) is 12.2 Å². The van der Waals surface area contributed by atoms with Crippen molar-refractivity contribution >= 4 is 18.0 Å². The first-order chi connectivity index (χ1) is 18.5. The fourth-order valence-corrected chi connectivity index (χ4v) is 3.76. The Labute approximate surface area is 233 Å². The summed E-state index contributed by atoms with van der Waals surface area (Å²) in [6.45, 7) is 15.5. The molecular formula is C31H46N2O6. The van der Waals surface area contributed by atoms with E-state index in [2.05, 4.69) is 10.6 Å². The first kappa shape index (κ1) is 33.6. The number of rotatable bonds is 7. The second kappa shape index (κ2) is 17.2. The van der Waals surface area contributed by atoms with Crippen LogP contribution in [0.1, 0.15) is 92.4 Å². The quantitative estimate of drug-likeness (QED) is 0.360. The van der Waals surface area contributed by atoms with Crippen molar-refractivity contribution in [2.45, 2.75) is 85.9 Å². The van der Waals surface area contributed by atoms with Crippen molar-refractivity contribution in [1.82, 2.24) is 10.6 Å². The van der Waals surface area contributed by atoms with E-state index < -0.39 is 29.6 Å². The lowest BCUT2D eigenvalue weighted by Crippen LogP contribution is -2.36. The third-order valence-electron chi connectivity index (χ3n) is 5.71. The molecule has 0 bridgehead atoms. The van der Waals surface area contributed by atoms with Gasteiger partial charge in [-0.25, -0.2) is 9.59 Å². The SMILES string of the molecule is C1CCNCC1.CC.Cc1ccc(C(=O)OCc2ccc(C(CNC(=O)OC(C)(C)C)C(=O)O)cc2)c(C)c1. The molecule has 216 valence electrons. The lowest BCUT2D eigenvalue weighted by atomic mass is 9.98. The van der Waals surface area contributed by atoms with Gasteiger partial charge >= 0.3 is 18.0 Å². The molecule has 1 heterocycles. The predicted molar refractivity (Wildman–Crippen MR) is 154 cm³/mol. The van der Waals surface area contributed by atoms with Crippen molar-refractivity contribution in [1.29, 1.82) is 0 Å². The number of nitrogens with one attached hydrogen (secondary N) is 2. The van der Waals surface area contributed by atoms with Gasteiger partial charge in [0.25, 0.3) is 0 Å². The summed E-state index contributed by atoms with van der Waals surface area (Å²) in [6.07, 6.45) is 3.54. The highest BCUT2D eigenvalue weighted by atomic mass is 16.6. The number of carboxylic acids is 1. The average molecular weight is 543 g/mol. The van der Waals surface area contributed by atoms with E-state index in [0.717, 1.165) is 16.7 Å². The number of alkyl carbamates (subject to hydrolysis) is 1. The normalized spacial score (nSPS) is 13.4. The highest BCUT2D eigenvalue weighted by Crippen LogP contribution is 2.18. The van der Waals surface area contributed by atoms with Crippen LogP contribution < -0.4 is 10.6 Å². The van der Waals surface area contributed by atoms with Crippen molar-refractivity contribution in [2.24, 2.45) is 0 Å². The molecule has 3 N–H and O–H groups in total. The van der Waals surface area contributed by atoms with E-state index in [1.807, 2.05) is 39.8 Å². The van der Waals surface area contributed by atoms with Crippen LogP contribution in [0.5, 0.6) is 0 Å². The van der Waals surface area contributed by atoms with Crippen LogP contribution in [-0.2, 0) is 20.9 Å². The van der Waals surface area contributed by atoms with E-state index in [9.17, 15) is 19.5 Å². The summed E-state index contributed by atoms with van der Waals surface area (Å²) in [5, 5.41) is 15.3. The molecule has 8 nitrogen and oxygen atoms in total. The fourth-order valence-electron chi connectivity index (χ4n) is 3.76. The summed E-state index contributed by atoms with van der Waals surface area (Å²) in [4.78, 5) is 35.8. The smallest absolute Gasteiger partial charge is 0.407 e. The zero-order valence-electron chi connectivity index (χ0n) is 24.6. The van der Waals surface area contributed by atoms with Gasteiger partial charge in [0.05, 0.1) is 11.5 Å². The average Bonchev–Trinajstić information content (AvgIpc) is 2.89. The topological polar surface area (TPSA) is 114 Å². The molecule has 0 saturated carbocycles. The first-order valence-electron chi connectivity index (χ1n) is 13.7. The van der Waals surface area contributed by atoms with Gasteiger partial charge in [-0.1, -0.05) is 62.2 Å². The standard InChI is InChI=1S/C24H29NO6.C5H11N.C2H6/c1-15-6-11-19(16(2)12-15)22(28)30-14-17-7-9-18(10-8-17)20(21(26)27)13-25-23(29)31-24(3,4)5;1-2-4-6-5-3-1;1-2/h6-12,20H,13-14H2,1-5H3,(H,25,29)(H,26,27);6H,1-5H2;1-2H3. The van der Waals surface area contributed by atoms with E-state index in [4.69, 9.17) is 9.47 Å². The maximum Gasteiger partial charge on any atom is 0.407 e. The molecule has 0 aliphatic carbocycles. The number of carboxylic acid groups (broad SMARTS) is 1. The molecule has 3 rings (SSSR count). The van der Waals surface area contributed by atoms with Gasteiger partial charge in [-0.05, 0) is 83.3 Å². The van der Waals surface area contributed by atoms with Gasteiger partial charge in [-0.15, -0.1) is 0 Å². The minimum absolute atomic E-state index is 0.0698. The second-order valence-corrected chi connectivity index (χ2v) is 10.2. The molecule has 1 atom stereocenters. The molecule has 39 heavy (non-hydrogen) atoms. The van der Waals surface area contributed by atoms with Crippen LogP contribution in [0.2, 0.25) is 0 Å². The number of hydrogen-bond acceptors (Lipinski definition) is 6. The van der Waals surface area contributed by atoms with Crippen LogP contribution in [0.4, 0.5) is 4.79 Å². The van der Waals surface area contributed by atoms with E-state index in [1.165, 1.54) is 32.4 Å². The maximum atomic E-state index is 12.3. The Hall–Kier alpha value is -3.39. The van der Waals surface area contributed by atoms with Gasteiger partial charge < -0.3 is 25.2 Å². The van der Waals surface area contributed by atoms with E-state index in [0.29, 0.717) is 11.1 Å². The highest BCUT2D eigenvalue weighted by molar-refractivity contribution is 5.91. The Morgan fingerprint density at radius 3 is 2.05 bits per heavy atom. The molecule has 2 aromatic carbocycles. The number of aliphatic carboxylic acids is 1. The summed E-state index contributed by atoms with van der Waals surface area (Å²) in [5.74, 6) is -2.41. The van der Waals surface area contributed by atoms with Crippen LogP contribution >= 0.6 is 0 Å². The number of benzene rings is 2.